The molecule has 0 fully saturated rings. The second-order valence-corrected chi connectivity index (χ2v) is 17.9. The van der Waals surface area contributed by atoms with Crippen LogP contribution in [0.15, 0.2) is 179 Å². The molecule has 0 saturated carbocycles. The van der Waals surface area contributed by atoms with Crippen molar-refractivity contribution in [3.05, 3.63) is 204 Å². The normalized spacial score (nSPS) is 15.2. The third kappa shape index (κ3) is 3.81. The zero-order valence-corrected chi connectivity index (χ0v) is 33.1. The molecular weight excluding hydrogens is 741 g/mol. The third-order valence-corrected chi connectivity index (χ3v) is 14.9. The molecule has 4 nitrogen and oxygen atoms in total. The van der Waals surface area contributed by atoms with E-state index < -0.39 is 5.41 Å². The number of para-hydroxylation sites is 3. The zero-order chi connectivity index (χ0) is 38.8. The first kappa shape index (κ1) is 31.9. The Balaban J connectivity index is 1.05. The zero-order valence-electron chi connectivity index (χ0n) is 32.3. The van der Waals surface area contributed by atoms with E-state index >= 15 is 0 Å². The predicted octanol–water partition coefficient (Wildman–Crippen LogP) is 14.8. The maximum Gasteiger partial charge on any atom is 0.174 e. The first-order valence-electron chi connectivity index (χ1n) is 20.3. The van der Waals surface area contributed by atoms with Crippen molar-refractivity contribution in [2.75, 3.05) is 4.90 Å². The summed E-state index contributed by atoms with van der Waals surface area (Å²) in [5, 5.41) is 5.06. The molecule has 14 rings (SSSR count). The highest BCUT2D eigenvalue weighted by atomic mass is 32.1. The van der Waals surface area contributed by atoms with Gasteiger partial charge in [0.05, 0.1) is 40.3 Å². The van der Waals surface area contributed by atoms with Crippen LogP contribution < -0.4 is 4.90 Å². The SMILES string of the molecule is CC1(C)c2ccccc2-c2cc3c(cc21)N(c1ccc2sc4ccc(-n5c6ccccc6c6ccccc65)cc4c2c1)c1ccccc1C31c2ccoc2-c2occc21. The molecule has 0 N–H and O–H groups in total. The molecule has 1 aliphatic heterocycles. The van der Waals surface area contributed by atoms with E-state index in [2.05, 4.69) is 181 Å². The Morgan fingerprint density at radius 3 is 1.75 bits per heavy atom. The molecule has 4 aromatic heterocycles. The number of aromatic nitrogens is 1. The summed E-state index contributed by atoms with van der Waals surface area (Å²) in [5.74, 6) is 1.62. The van der Waals surface area contributed by atoms with Crippen LogP contribution in [0, 0.1) is 0 Å². The van der Waals surface area contributed by atoms with Crippen LogP contribution in [0.3, 0.4) is 0 Å². The quantitative estimate of drug-likeness (QED) is 0.175. The summed E-state index contributed by atoms with van der Waals surface area (Å²) in [5.41, 5.74) is 16.3. The lowest BCUT2D eigenvalue weighted by Crippen LogP contribution is -2.36. The molecule has 278 valence electrons. The molecule has 0 saturated heterocycles. The minimum Gasteiger partial charge on any atom is -0.461 e. The van der Waals surface area contributed by atoms with Gasteiger partial charge in [0, 0.05) is 58.9 Å². The van der Waals surface area contributed by atoms with Gasteiger partial charge in [0.2, 0.25) is 0 Å². The first-order chi connectivity index (χ1) is 29.0. The summed E-state index contributed by atoms with van der Waals surface area (Å²) in [4.78, 5) is 2.52. The van der Waals surface area contributed by atoms with Gasteiger partial charge in [-0.2, -0.15) is 0 Å². The number of rotatable bonds is 2. The second kappa shape index (κ2) is 10.9. The molecule has 1 spiro atoms. The van der Waals surface area contributed by atoms with Crippen LogP contribution in [-0.2, 0) is 10.8 Å². The maximum absolute atomic E-state index is 6.27. The topological polar surface area (TPSA) is 34.5 Å². The Bertz CT molecular complexity index is 3530. The van der Waals surface area contributed by atoms with Crippen LogP contribution >= 0.6 is 11.3 Å². The molecule has 5 heteroatoms. The van der Waals surface area contributed by atoms with Crippen molar-refractivity contribution in [3.63, 3.8) is 0 Å². The molecule has 0 bridgehead atoms. The number of hydrogen-bond donors (Lipinski definition) is 0. The van der Waals surface area contributed by atoms with Crippen molar-refractivity contribution in [1.29, 1.82) is 0 Å². The molecule has 2 aliphatic carbocycles. The fourth-order valence-electron chi connectivity index (χ4n) is 11.3. The molecular formula is C54H34N2O2S. The first-order valence-corrected chi connectivity index (χ1v) is 21.1. The fourth-order valence-corrected chi connectivity index (χ4v) is 12.3. The van der Waals surface area contributed by atoms with E-state index in [1.54, 1.807) is 0 Å². The van der Waals surface area contributed by atoms with Gasteiger partial charge in [0.15, 0.2) is 11.5 Å². The van der Waals surface area contributed by atoms with Crippen LogP contribution in [0.2, 0.25) is 0 Å². The molecule has 3 aliphatic rings. The summed E-state index contributed by atoms with van der Waals surface area (Å²) in [6.45, 7) is 4.74. The molecule has 0 atom stereocenters. The number of thiophene rings is 1. The van der Waals surface area contributed by atoms with E-state index in [1.165, 1.54) is 86.7 Å². The fraction of sp³-hybridized carbons (Fsp3) is 0.0741. The Kier molecular flexibility index (Phi) is 5.90. The van der Waals surface area contributed by atoms with E-state index in [0.29, 0.717) is 0 Å². The van der Waals surface area contributed by atoms with Gasteiger partial charge in [0.1, 0.15) is 0 Å². The van der Waals surface area contributed by atoms with Gasteiger partial charge in [-0.25, -0.2) is 0 Å². The van der Waals surface area contributed by atoms with Gasteiger partial charge in [-0.05, 0) is 112 Å². The summed E-state index contributed by atoms with van der Waals surface area (Å²) >= 11 is 1.86. The monoisotopic (exact) mass is 774 g/mol. The van der Waals surface area contributed by atoms with Crippen LogP contribution in [-0.4, -0.2) is 4.57 Å². The second-order valence-electron chi connectivity index (χ2n) is 16.8. The number of benzene rings is 7. The third-order valence-electron chi connectivity index (χ3n) is 13.8. The number of nitrogens with zero attached hydrogens (tertiary/aromatic N) is 2. The van der Waals surface area contributed by atoms with E-state index in [9.17, 15) is 0 Å². The van der Waals surface area contributed by atoms with Gasteiger partial charge < -0.3 is 18.3 Å². The van der Waals surface area contributed by atoms with Crippen molar-refractivity contribution < 1.29 is 8.83 Å². The molecule has 0 amide bonds. The molecule has 59 heavy (non-hydrogen) atoms. The van der Waals surface area contributed by atoms with Crippen LogP contribution in [0.25, 0.3) is 70.3 Å². The van der Waals surface area contributed by atoms with Crippen molar-refractivity contribution >= 4 is 70.4 Å². The lowest BCUT2D eigenvalue weighted by molar-refractivity contribution is 0.525. The minimum atomic E-state index is -0.625. The average Bonchev–Trinajstić information content (AvgIpc) is 4.13. The highest BCUT2D eigenvalue weighted by Gasteiger charge is 2.55. The van der Waals surface area contributed by atoms with Gasteiger partial charge in [-0.1, -0.05) is 92.7 Å². The predicted molar refractivity (Wildman–Crippen MR) is 241 cm³/mol. The van der Waals surface area contributed by atoms with Crippen molar-refractivity contribution in [2.24, 2.45) is 0 Å². The van der Waals surface area contributed by atoms with Gasteiger partial charge in [-0.3, -0.25) is 0 Å². The Labute approximate surface area is 343 Å². The smallest absolute Gasteiger partial charge is 0.174 e. The average molecular weight is 775 g/mol. The molecule has 0 radical (unpaired) electrons. The van der Waals surface area contributed by atoms with Gasteiger partial charge in [0.25, 0.3) is 0 Å². The summed E-state index contributed by atoms with van der Waals surface area (Å²) < 4.78 is 17.5. The van der Waals surface area contributed by atoms with Crippen molar-refractivity contribution in [2.45, 2.75) is 24.7 Å². The number of anilines is 3. The van der Waals surface area contributed by atoms with E-state index in [0.717, 1.165) is 34.0 Å². The Hall–Kier alpha value is -7.08. The summed E-state index contributed by atoms with van der Waals surface area (Å²) in [6.07, 6.45) is 3.64. The number of hydrogen-bond acceptors (Lipinski definition) is 4. The van der Waals surface area contributed by atoms with Gasteiger partial charge in [-0.15, -0.1) is 11.3 Å². The Morgan fingerprint density at radius 2 is 1.03 bits per heavy atom. The standard InChI is InChI=1S/C54H34N2O2S/c1-53(2)39-14-6-3-11-33(39)36-29-44-48(30-43(36)53)56(47-18-10-7-15-40(47)54(44)41-23-25-57-51(41)52-42(54)24-26-58-52)32-20-22-50-38(28-32)37-27-31(19-21-49(37)59-50)55-45-16-8-4-12-34(45)35-13-5-9-17-46(35)55/h3-30H,1-2H3. The highest BCUT2D eigenvalue weighted by molar-refractivity contribution is 7.25. The maximum atomic E-state index is 6.27. The molecule has 11 aromatic rings. The largest absolute Gasteiger partial charge is 0.461 e. The number of fused-ring (bicyclic) bond motifs is 18. The van der Waals surface area contributed by atoms with E-state index in [-0.39, 0.29) is 5.41 Å². The minimum absolute atomic E-state index is 0.176. The number of furan rings is 2. The Morgan fingerprint density at radius 1 is 0.441 bits per heavy atom. The molecule has 0 unspecified atom stereocenters. The van der Waals surface area contributed by atoms with Crippen LogP contribution in [0.1, 0.15) is 47.2 Å². The molecule has 7 aromatic carbocycles. The van der Waals surface area contributed by atoms with Crippen molar-refractivity contribution in [3.8, 4) is 28.3 Å². The van der Waals surface area contributed by atoms with E-state index in [1.807, 2.05) is 23.9 Å². The lowest BCUT2D eigenvalue weighted by Gasteiger charge is -2.44. The summed E-state index contributed by atoms with van der Waals surface area (Å²) in [6, 6.07) is 58.8. The van der Waals surface area contributed by atoms with E-state index in [4.69, 9.17) is 8.83 Å². The van der Waals surface area contributed by atoms with Gasteiger partial charge >= 0.3 is 0 Å². The molecule has 5 heterocycles. The summed E-state index contributed by atoms with van der Waals surface area (Å²) in [7, 11) is 0. The lowest BCUT2D eigenvalue weighted by atomic mass is 9.64. The van der Waals surface area contributed by atoms with Crippen LogP contribution in [0.5, 0.6) is 0 Å². The highest BCUT2D eigenvalue weighted by Crippen LogP contribution is 2.66. The van der Waals surface area contributed by atoms with Crippen LogP contribution in [0.4, 0.5) is 17.1 Å². The van der Waals surface area contributed by atoms with Crippen molar-refractivity contribution in [1.82, 2.24) is 4.57 Å².